The van der Waals surface area contributed by atoms with E-state index in [0.29, 0.717) is 23.0 Å². The molecule has 2 heterocycles. The fourth-order valence-electron chi connectivity index (χ4n) is 3.56. The van der Waals surface area contributed by atoms with E-state index in [1.165, 1.54) is 6.07 Å². The molecule has 0 spiro atoms. The number of fused-ring (bicyclic) bond motifs is 1. The van der Waals surface area contributed by atoms with Gasteiger partial charge in [0.15, 0.2) is 5.11 Å². The first-order valence-corrected chi connectivity index (χ1v) is 9.20. The predicted molar refractivity (Wildman–Crippen MR) is 109 cm³/mol. The number of hydrogen-bond acceptors (Lipinski definition) is 2. The van der Waals surface area contributed by atoms with E-state index in [2.05, 4.69) is 9.88 Å². The number of nitrogens with zero attached hydrogens (tertiary/aromatic N) is 2. The second-order valence-corrected chi connectivity index (χ2v) is 6.76. The summed E-state index contributed by atoms with van der Waals surface area (Å²) < 4.78 is 22.2. The Morgan fingerprint density at radius 3 is 2.67 bits per heavy atom. The zero-order valence-electron chi connectivity index (χ0n) is 14.9. The van der Waals surface area contributed by atoms with E-state index >= 15 is 0 Å². The van der Waals surface area contributed by atoms with Crippen molar-refractivity contribution in [1.29, 1.82) is 0 Å². The van der Waals surface area contributed by atoms with Gasteiger partial charge in [-0.25, -0.2) is 4.39 Å². The standard InChI is InChI=1S/C21H20FN3OS/c1-26-19-11-5-4-9-17(19)23-21(27)25-14-13-24-12-6-10-18(24)20(25)15-7-2-3-8-16(15)22/h2-12,20H,13-14H2,1H3,(H,23,27)/t20-/m0/s1. The Hall–Kier alpha value is -2.86. The van der Waals surface area contributed by atoms with Crippen LogP contribution in [0.2, 0.25) is 0 Å². The van der Waals surface area contributed by atoms with Crippen molar-refractivity contribution in [2.24, 2.45) is 0 Å². The second kappa shape index (κ2) is 7.40. The van der Waals surface area contributed by atoms with Gasteiger partial charge in [-0.05, 0) is 42.5 Å². The van der Waals surface area contributed by atoms with Crippen LogP contribution in [0.4, 0.5) is 10.1 Å². The molecule has 3 aromatic rings. The van der Waals surface area contributed by atoms with Crippen molar-refractivity contribution in [3.63, 3.8) is 0 Å². The van der Waals surface area contributed by atoms with E-state index < -0.39 is 0 Å². The van der Waals surface area contributed by atoms with Crippen molar-refractivity contribution in [1.82, 2.24) is 9.47 Å². The van der Waals surface area contributed by atoms with E-state index in [1.807, 2.05) is 59.6 Å². The summed E-state index contributed by atoms with van der Waals surface area (Å²) in [5, 5.41) is 3.82. The number of halogens is 1. The Kier molecular flexibility index (Phi) is 4.81. The Bertz CT molecular complexity index is 971. The van der Waals surface area contributed by atoms with Crippen molar-refractivity contribution < 1.29 is 9.13 Å². The van der Waals surface area contributed by atoms with Crippen molar-refractivity contribution in [2.45, 2.75) is 12.6 Å². The number of anilines is 1. The summed E-state index contributed by atoms with van der Waals surface area (Å²) in [6, 6.07) is 18.2. The highest BCUT2D eigenvalue weighted by Crippen LogP contribution is 2.34. The fraction of sp³-hybridized carbons (Fsp3) is 0.190. The maximum Gasteiger partial charge on any atom is 0.174 e. The van der Waals surface area contributed by atoms with Gasteiger partial charge in [-0.2, -0.15) is 0 Å². The minimum atomic E-state index is -0.287. The van der Waals surface area contributed by atoms with Crippen molar-refractivity contribution in [2.75, 3.05) is 19.0 Å². The normalized spacial score (nSPS) is 15.9. The Labute approximate surface area is 163 Å². The Morgan fingerprint density at radius 1 is 1.07 bits per heavy atom. The smallest absolute Gasteiger partial charge is 0.174 e. The van der Waals surface area contributed by atoms with E-state index in [-0.39, 0.29) is 11.9 Å². The van der Waals surface area contributed by atoms with Crippen molar-refractivity contribution in [3.8, 4) is 5.75 Å². The number of nitrogens with one attached hydrogen (secondary N) is 1. The van der Waals surface area contributed by atoms with Gasteiger partial charge in [0, 0.05) is 30.5 Å². The summed E-state index contributed by atoms with van der Waals surface area (Å²) in [6.07, 6.45) is 2.03. The molecule has 138 valence electrons. The van der Waals surface area contributed by atoms with E-state index in [9.17, 15) is 4.39 Å². The number of rotatable bonds is 3. The summed E-state index contributed by atoms with van der Waals surface area (Å²) in [5.74, 6) is 0.477. The first-order chi connectivity index (χ1) is 13.2. The van der Waals surface area contributed by atoms with Crippen LogP contribution < -0.4 is 10.1 Å². The Morgan fingerprint density at radius 2 is 1.85 bits per heavy atom. The quantitative estimate of drug-likeness (QED) is 0.680. The molecule has 4 rings (SSSR count). The van der Waals surface area contributed by atoms with E-state index in [4.69, 9.17) is 17.0 Å². The van der Waals surface area contributed by atoms with Gasteiger partial charge in [0.25, 0.3) is 0 Å². The molecule has 1 aliphatic heterocycles. The van der Waals surface area contributed by atoms with Crippen LogP contribution in [-0.2, 0) is 6.54 Å². The third kappa shape index (κ3) is 3.28. The number of para-hydroxylation sites is 2. The van der Waals surface area contributed by atoms with Crippen LogP contribution >= 0.6 is 12.2 Å². The highest BCUT2D eigenvalue weighted by Gasteiger charge is 2.32. The maximum absolute atomic E-state index is 14.6. The average molecular weight is 381 g/mol. The molecule has 1 N–H and O–H groups in total. The number of benzene rings is 2. The lowest BCUT2D eigenvalue weighted by Gasteiger charge is -2.39. The zero-order chi connectivity index (χ0) is 18.8. The Balaban J connectivity index is 1.70. The van der Waals surface area contributed by atoms with Crippen LogP contribution in [0.15, 0.2) is 66.9 Å². The van der Waals surface area contributed by atoms with E-state index in [1.54, 1.807) is 13.2 Å². The van der Waals surface area contributed by atoms with Crippen LogP contribution in [0.3, 0.4) is 0 Å². The largest absolute Gasteiger partial charge is 0.495 e. The van der Waals surface area contributed by atoms with Gasteiger partial charge < -0.3 is 19.5 Å². The summed E-state index contributed by atoms with van der Waals surface area (Å²) in [5.41, 5.74) is 2.43. The van der Waals surface area contributed by atoms with Gasteiger partial charge in [0.05, 0.1) is 18.8 Å². The third-order valence-electron chi connectivity index (χ3n) is 4.85. The molecule has 0 fully saturated rings. The molecule has 0 unspecified atom stereocenters. The number of thiocarbonyl (C=S) groups is 1. The molecule has 0 saturated carbocycles. The molecule has 0 saturated heterocycles. The van der Waals surface area contributed by atoms with Gasteiger partial charge in [0.2, 0.25) is 0 Å². The maximum atomic E-state index is 14.6. The van der Waals surface area contributed by atoms with Crippen LogP contribution in [0, 0.1) is 5.82 Å². The van der Waals surface area contributed by atoms with E-state index in [0.717, 1.165) is 17.9 Å². The van der Waals surface area contributed by atoms with Crippen LogP contribution in [-0.4, -0.2) is 28.2 Å². The molecule has 0 amide bonds. The molecule has 1 aliphatic rings. The number of aromatic nitrogens is 1. The summed E-state index contributed by atoms with van der Waals surface area (Å²) in [7, 11) is 1.62. The number of ether oxygens (including phenoxy) is 1. The lowest BCUT2D eigenvalue weighted by molar-refractivity contribution is 0.287. The SMILES string of the molecule is COc1ccccc1NC(=S)N1CCn2cccc2[C@@H]1c1ccccc1F. The van der Waals surface area contributed by atoms with Crippen molar-refractivity contribution >= 4 is 23.0 Å². The number of methoxy groups -OCH3 is 1. The molecule has 0 radical (unpaired) electrons. The lowest BCUT2D eigenvalue weighted by Crippen LogP contribution is -2.44. The minimum Gasteiger partial charge on any atom is -0.495 e. The summed E-state index contributed by atoms with van der Waals surface area (Å²) >= 11 is 5.71. The summed E-state index contributed by atoms with van der Waals surface area (Å²) in [6.45, 7) is 1.47. The monoisotopic (exact) mass is 381 g/mol. The zero-order valence-corrected chi connectivity index (χ0v) is 15.7. The molecule has 0 bridgehead atoms. The summed E-state index contributed by atoms with van der Waals surface area (Å²) in [4.78, 5) is 2.04. The van der Waals surface area contributed by atoms with Crippen molar-refractivity contribution in [3.05, 3.63) is 83.9 Å². The van der Waals surface area contributed by atoms with Crippen LogP contribution in [0.25, 0.3) is 0 Å². The van der Waals surface area contributed by atoms with Gasteiger partial charge in [-0.1, -0.05) is 30.3 Å². The first-order valence-electron chi connectivity index (χ1n) is 8.79. The highest BCUT2D eigenvalue weighted by atomic mass is 32.1. The van der Waals surface area contributed by atoms with Gasteiger partial charge in [-0.3, -0.25) is 0 Å². The van der Waals surface area contributed by atoms with Crippen LogP contribution in [0.5, 0.6) is 5.75 Å². The topological polar surface area (TPSA) is 29.4 Å². The third-order valence-corrected chi connectivity index (χ3v) is 5.18. The highest BCUT2D eigenvalue weighted by molar-refractivity contribution is 7.80. The molecule has 4 nitrogen and oxygen atoms in total. The molecular formula is C21H20FN3OS. The molecule has 27 heavy (non-hydrogen) atoms. The molecule has 2 aromatic carbocycles. The molecule has 6 heteroatoms. The van der Waals surface area contributed by atoms with Gasteiger partial charge in [0.1, 0.15) is 11.6 Å². The average Bonchev–Trinajstić information content (AvgIpc) is 3.17. The van der Waals surface area contributed by atoms with Gasteiger partial charge >= 0.3 is 0 Å². The van der Waals surface area contributed by atoms with Gasteiger partial charge in [-0.15, -0.1) is 0 Å². The predicted octanol–water partition coefficient (Wildman–Crippen LogP) is 4.44. The number of hydrogen-bond donors (Lipinski definition) is 1. The molecule has 1 aromatic heterocycles. The minimum absolute atomic E-state index is 0.234. The van der Waals surface area contributed by atoms with Crippen LogP contribution in [0.1, 0.15) is 17.3 Å². The second-order valence-electron chi connectivity index (χ2n) is 6.37. The fourth-order valence-corrected chi connectivity index (χ4v) is 3.87. The first kappa shape index (κ1) is 17.5. The molecule has 1 atom stereocenters. The molecule has 0 aliphatic carbocycles. The lowest BCUT2D eigenvalue weighted by atomic mass is 10.00. The molecular weight excluding hydrogens is 361 g/mol.